The van der Waals surface area contributed by atoms with Crippen molar-refractivity contribution < 1.29 is 21.6 Å². The number of nitrogens with zero attached hydrogens (tertiary/aromatic N) is 2. The van der Waals surface area contributed by atoms with Crippen LogP contribution < -0.4 is 14.3 Å². The highest BCUT2D eigenvalue weighted by atomic mass is 32.2. The Morgan fingerprint density at radius 3 is 2.13 bits per heavy atom. The van der Waals surface area contributed by atoms with Crippen molar-refractivity contribution in [2.24, 2.45) is 0 Å². The first-order chi connectivity index (χ1) is 18.2. The minimum atomic E-state index is -4.05. The fraction of sp³-hybridized carbons (Fsp3) is 0.111. The Balaban J connectivity index is 1.55. The van der Waals surface area contributed by atoms with Gasteiger partial charge in [-0.1, -0.05) is 43.3 Å². The molecule has 0 aliphatic heterocycles. The maximum Gasteiger partial charge on any atom is 0.264 e. The summed E-state index contributed by atoms with van der Waals surface area (Å²) in [7, 11) is -7.91. The second-order valence-corrected chi connectivity index (χ2v) is 11.8. The van der Waals surface area contributed by atoms with Crippen molar-refractivity contribution in [2.75, 3.05) is 20.9 Å². The molecule has 9 nitrogen and oxygen atoms in total. The Morgan fingerprint density at radius 1 is 0.789 bits per heavy atom. The number of amides is 1. The molecule has 0 spiro atoms. The van der Waals surface area contributed by atoms with Crippen LogP contribution in [0.3, 0.4) is 0 Å². The third-order valence-electron chi connectivity index (χ3n) is 5.62. The lowest BCUT2D eigenvalue weighted by molar-refractivity contribution is -0.114. The maximum absolute atomic E-state index is 13.6. The van der Waals surface area contributed by atoms with Crippen LogP contribution in [0.15, 0.2) is 113 Å². The number of anilines is 3. The number of hydrogen-bond acceptors (Lipinski definition) is 6. The Kier molecular flexibility index (Phi) is 8.08. The monoisotopic (exact) mass is 550 g/mol. The minimum Gasteiger partial charge on any atom is -0.325 e. The number of nitrogens with one attached hydrogen (secondary N) is 2. The van der Waals surface area contributed by atoms with E-state index in [9.17, 15) is 21.6 Å². The average molecular weight is 551 g/mol. The Labute approximate surface area is 222 Å². The largest absolute Gasteiger partial charge is 0.325 e. The van der Waals surface area contributed by atoms with Gasteiger partial charge in [0, 0.05) is 11.9 Å². The van der Waals surface area contributed by atoms with Crippen LogP contribution in [0.4, 0.5) is 17.1 Å². The second-order valence-electron chi connectivity index (χ2n) is 8.23. The fourth-order valence-corrected chi connectivity index (χ4v) is 6.28. The van der Waals surface area contributed by atoms with Crippen molar-refractivity contribution in [3.8, 4) is 0 Å². The van der Waals surface area contributed by atoms with E-state index in [1.165, 1.54) is 48.8 Å². The molecule has 2 N–H and O–H groups in total. The molecule has 0 saturated carbocycles. The van der Waals surface area contributed by atoms with E-state index in [-0.39, 0.29) is 9.79 Å². The van der Waals surface area contributed by atoms with Crippen LogP contribution in [0, 0.1) is 0 Å². The zero-order chi connectivity index (χ0) is 27.2. The maximum atomic E-state index is 13.6. The van der Waals surface area contributed by atoms with E-state index in [0.29, 0.717) is 23.5 Å². The predicted molar refractivity (Wildman–Crippen MR) is 147 cm³/mol. The van der Waals surface area contributed by atoms with E-state index >= 15 is 0 Å². The molecule has 0 saturated heterocycles. The predicted octanol–water partition coefficient (Wildman–Crippen LogP) is 4.28. The highest BCUT2D eigenvalue weighted by Crippen LogP contribution is 2.28. The van der Waals surface area contributed by atoms with Crippen molar-refractivity contribution in [1.29, 1.82) is 0 Å². The van der Waals surface area contributed by atoms with E-state index in [4.69, 9.17) is 0 Å². The average Bonchev–Trinajstić information content (AvgIpc) is 2.93. The van der Waals surface area contributed by atoms with Gasteiger partial charge in [-0.15, -0.1) is 0 Å². The molecular formula is C27H26N4O5S2. The SMILES string of the molecule is CCc1ccccc1N(CC(=O)Nc1ccc(S(=O)(=O)Nc2cccnc2)cc1)S(=O)(=O)c1ccccc1. The van der Waals surface area contributed by atoms with Crippen LogP contribution in [0.1, 0.15) is 12.5 Å². The first kappa shape index (κ1) is 26.8. The number of aromatic nitrogens is 1. The molecule has 4 aromatic rings. The topological polar surface area (TPSA) is 126 Å². The molecule has 0 atom stereocenters. The number of carbonyl (C=O) groups is 1. The van der Waals surface area contributed by atoms with Crippen molar-refractivity contribution in [1.82, 2.24) is 4.98 Å². The standard InChI is InChI=1S/C27H26N4O5S2/c1-2-21-9-6-7-13-26(21)31(38(35,36)25-11-4-3-5-12-25)20-27(32)29-22-14-16-24(17-15-22)37(33,34)30-23-10-8-18-28-19-23/h3-19,30H,2,20H2,1H3,(H,29,32). The van der Waals surface area contributed by atoms with Crippen molar-refractivity contribution in [2.45, 2.75) is 23.1 Å². The molecule has 0 unspecified atom stereocenters. The zero-order valence-corrected chi connectivity index (χ0v) is 22.1. The van der Waals surface area contributed by atoms with Crippen LogP contribution in [-0.4, -0.2) is 34.3 Å². The van der Waals surface area contributed by atoms with Gasteiger partial charge < -0.3 is 5.32 Å². The van der Waals surface area contributed by atoms with Crippen LogP contribution >= 0.6 is 0 Å². The van der Waals surface area contributed by atoms with Gasteiger partial charge in [-0.2, -0.15) is 0 Å². The number of rotatable bonds is 10. The number of aryl methyl sites for hydroxylation is 1. The Morgan fingerprint density at radius 2 is 1.47 bits per heavy atom. The molecule has 11 heteroatoms. The minimum absolute atomic E-state index is 0.00972. The molecule has 1 aromatic heterocycles. The smallest absolute Gasteiger partial charge is 0.264 e. The molecule has 1 amide bonds. The highest BCUT2D eigenvalue weighted by Gasteiger charge is 2.28. The Hall–Kier alpha value is -4.22. The van der Waals surface area contributed by atoms with Gasteiger partial charge in [0.2, 0.25) is 5.91 Å². The summed E-state index contributed by atoms with van der Waals surface area (Å²) in [6.45, 7) is 1.43. The number of para-hydroxylation sites is 1. The lowest BCUT2D eigenvalue weighted by Crippen LogP contribution is -2.38. The van der Waals surface area contributed by atoms with Gasteiger partial charge in [0.05, 0.1) is 27.4 Å². The summed E-state index contributed by atoms with van der Waals surface area (Å²) in [6.07, 6.45) is 3.49. The van der Waals surface area contributed by atoms with E-state index in [0.717, 1.165) is 9.87 Å². The molecule has 0 aliphatic carbocycles. The number of carbonyl (C=O) groups excluding carboxylic acids is 1. The van der Waals surface area contributed by atoms with Gasteiger partial charge in [0.1, 0.15) is 6.54 Å². The molecule has 38 heavy (non-hydrogen) atoms. The van der Waals surface area contributed by atoms with E-state index < -0.39 is 32.5 Å². The third-order valence-corrected chi connectivity index (χ3v) is 8.79. The molecule has 0 radical (unpaired) electrons. The van der Waals surface area contributed by atoms with Crippen LogP contribution in [0.25, 0.3) is 0 Å². The normalized spacial score (nSPS) is 11.5. The summed E-state index contributed by atoms with van der Waals surface area (Å²) in [4.78, 5) is 17.0. The van der Waals surface area contributed by atoms with Gasteiger partial charge in [-0.05, 0) is 66.6 Å². The lowest BCUT2D eigenvalue weighted by atomic mass is 10.1. The summed E-state index contributed by atoms with van der Waals surface area (Å²) in [5.74, 6) is -0.584. The van der Waals surface area contributed by atoms with Crippen LogP contribution in [0.2, 0.25) is 0 Å². The number of hydrogen-bond donors (Lipinski definition) is 2. The first-order valence-corrected chi connectivity index (χ1v) is 14.6. The summed E-state index contributed by atoms with van der Waals surface area (Å²) in [5.41, 5.74) is 1.82. The molecule has 3 aromatic carbocycles. The lowest BCUT2D eigenvalue weighted by Gasteiger charge is -2.26. The number of benzene rings is 3. The Bertz CT molecular complexity index is 1610. The molecule has 4 rings (SSSR count). The zero-order valence-electron chi connectivity index (χ0n) is 20.5. The number of sulfonamides is 2. The fourth-order valence-electron chi connectivity index (χ4n) is 3.76. The molecular weight excluding hydrogens is 524 g/mol. The van der Waals surface area contributed by atoms with E-state index in [2.05, 4.69) is 15.0 Å². The van der Waals surface area contributed by atoms with Gasteiger partial charge in [-0.3, -0.25) is 18.8 Å². The van der Waals surface area contributed by atoms with Crippen molar-refractivity contribution >= 4 is 43.0 Å². The highest BCUT2D eigenvalue weighted by molar-refractivity contribution is 7.93. The van der Waals surface area contributed by atoms with E-state index in [1.54, 1.807) is 42.5 Å². The summed E-state index contributed by atoms with van der Waals surface area (Å²) >= 11 is 0. The quantitative estimate of drug-likeness (QED) is 0.304. The van der Waals surface area contributed by atoms with Crippen LogP contribution in [0.5, 0.6) is 0 Å². The first-order valence-electron chi connectivity index (χ1n) is 11.7. The van der Waals surface area contributed by atoms with Gasteiger partial charge >= 0.3 is 0 Å². The summed E-state index contributed by atoms with van der Waals surface area (Å²) in [5, 5.41) is 2.66. The molecule has 196 valence electrons. The van der Waals surface area contributed by atoms with Gasteiger partial charge in [0.15, 0.2) is 0 Å². The van der Waals surface area contributed by atoms with Gasteiger partial charge in [-0.25, -0.2) is 16.8 Å². The van der Waals surface area contributed by atoms with Crippen molar-refractivity contribution in [3.05, 3.63) is 109 Å². The van der Waals surface area contributed by atoms with Gasteiger partial charge in [0.25, 0.3) is 20.0 Å². The number of pyridine rings is 1. The molecule has 0 bridgehead atoms. The molecule has 1 heterocycles. The third kappa shape index (κ3) is 6.18. The van der Waals surface area contributed by atoms with E-state index in [1.807, 2.05) is 19.1 Å². The van der Waals surface area contributed by atoms with Crippen LogP contribution in [-0.2, 0) is 31.3 Å². The summed E-state index contributed by atoms with van der Waals surface area (Å²) in [6, 6.07) is 23.7. The summed E-state index contributed by atoms with van der Waals surface area (Å²) < 4.78 is 55.9. The second kappa shape index (κ2) is 11.4. The molecule has 0 fully saturated rings. The molecule has 0 aliphatic rings. The van der Waals surface area contributed by atoms with Crippen molar-refractivity contribution in [3.63, 3.8) is 0 Å².